The molecule has 0 atom stereocenters. The molecule has 0 saturated carbocycles. The van der Waals surface area contributed by atoms with Crippen LogP contribution in [0.1, 0.15) is 38.0 Å². The molecule has 7 nitrogen and oxygen atoms in total. The number of rotatable bonds is 4. The summed E-state index contributed by atoms with van der Waals surface area (Å²) in [5.41, 5.74) is 1.54. The smallest absolute Gasteiger partial charge is 0.340 e. The Morgan fingerprint density at radius 3 is 2.33 bits per heavy atom. The molecule has 1 aliphatic heterocycles. The van der Waals surface area contributed by atoms with E-state index in [0.717, 1.165) is 4.90 Å². The zero-order valence-corrected chi connectivity index (χ0v) is 14.5. The summed E-state index contributed by atoms with van der Waals surface area (Å²) in [6.07, 6.45) is 3.34. The van der Waals surface area contributed by atoms with E-state index in [4.69, 9.17) is 4.74 Å². The maximum Gasteiger partial charge on any atom is 0.340 e. The number of hydrogen-bond donors (Lipinski definition) is 0. The second-order valence-electron chi connectivity index (χ2n) is 5.86. The number of ether oxygens (including phenoxy) is 1. The number of hydrogen-bond acceptors (Lipinski definition) is 5. The van der Waals surface area contributed by atoms with Gasteiger partial charge in [0.25, 0.3) is 11.8 Å². The summed E-state index contributed by atoms with van der Waals surface area (Å²) in [4.78, 5) is 39.2. The molecule has 0 spiro atoms. The molecule has 2 heterocycles. The van der Waals surface area contributed by atoms with Crippen molar-refractivity contribution in [3.05, 3.63) is 77.6 Å². The van der Waals surface area contributed by atoms with E-state index in [2.05, 4.69) is 5.10 Å². The molecule has 0 aliphatic carbocycles. The molecule has 1 aromatic heterocycles. The topological polar surface area (TPSA) is 81.5 Å². The third-order valence-electron chi connectivity index (χ3n) is 4.28. The average Bonchev–Trinajstić information content (AvgIpc) is 3.30. The van der Waals surface area contributed by atoms with Crippen LogP contribution in [0.3, 0.4) is 0 Å². The predicted molar refractivity (Wildman–Crippen MR) is 97.1 cm³/mol. The minimum Gasteiger partial charge on any atom is -0.462 e. The zero-order valence-electron chi connectivity index (χ0n) is 14.5. The molecule has 0 N–H and O–H groups in total. The molecule has 2 amide bonds. The summed E-state index contributed by atoms with van der Waals surface area (Å²) < 4.78 is 6.68. The van der Waals surface area contributed by atoms with E-state index in [9.17, 15) is 14.4 Å². The summed E-state index contributed by atoms with van der Waals surface area (Å²) in [5, 5.41) is 4.15. The summed E-state index contributed by atoms with van der Waals surface area (Å²) in [6.45, 7) is 1.87. The number of nitrogens with zero attached hydrogens (tertiary/aromatic N) is 3. The van der Waals surface area contributed by atoms with Gasteiger partial charge in [-0.1, -0.05) is 12.1 Å². The van der Waals surface area contributed by atoms with Gasteiger partial charge < -0.3 is 4.74 Å². The van der Waals surface area contributed by atoms with Crippen LogP contribution in [0.4, 0.5) is 5.69 Å². The number of imide groups is 1. The van der Waals surface area contributed by atoms with Crippen molar-refractivity contribution in [2.24, 2.45) is 0 Å². The Morgan fingerprint density at radius 2 is 1.74 bits per heavy atom. The van der Waals surface area contributed by atoms with Crippen molar-refractivity contribution in [2.45, 2.75) is 6.92 Å². The predicted octanol–water partition coefficient (Wildman–Crippen LogP) is 2.85. The zero-order chi connectivity index (χ0) is 19.0. The summed E-state index contributed by atoms with van der Waals surface area (Å²) in [5.74, 6) is -1.55. The monoisotopic (exact) mass is 361 g/mol. The van der Waals surface area contributed by atoms with Gasteiger partial charge in [0.05, 0.1) is 34.7 Å². The van der Waals surface area contributed by atoms with Gasteiger partial charge in [-0.05, 0) is 43.3 Å². The van der Waals surface area contributed by atoms with Crippen molar-refractivity contribution < 1.29 is 19.1 Å². The molecule has 4 rings (SSSR count). The molecule has 0 radical (unpaired) electrons. The van der Waals surface area contributed by atoms with Gasteiger partial charge in [0, 0.05) is 12.4 Å². The largest absolute Gasteiger partial charge is 0.462 e. The lowest BCUT2D eigenvalue weighted by Gasteiger charge is -2.18. The fourth-order valence-electron chi connectivity index (χ4n) is 3.06. The Labute approximate surface area is 154 Å². The minimum atomic E-state index is -0.601. The van der Waals surface area contributed by atoms with Crippen LogP contribution in [0.2, 0.25) is 0 Å². The molecule has 2 aromatic carbocycles. The molecule has 0 saturated heterocycles. The van der Waals surface area contributed by atoms with Crippen molar-refractivity contribution in [3.63, 3.8) is 0 Å². The molecular weight excluding hydrogens is 346 g/mol. The van der Waals surface area contributed by atoms with Gasteiger partial charge in [-0.2, -0.15) is 5.10 Å². The van der Waals surface area contributed by atoms with Crippen LogP contribution >= 0.6 is 0 Å². The Kier molecular flexibility index (Phi) is 4.04. The van der Waals surface area contributed by atoms with Gasteiger partial charge in [0.1, 0.15) is 0 Å². The highest BCUT2D eigenvalue weighted by atomic mass is 16.5. The molecule has 0 bridgehead atoms. The van der Waals surface area contributed by atoms with Crippen molar-refractivity contribution in [1.29, 1.82) is 0 Å². The van der Waals surface area contributed by atoms with E-state index in [-0.39, 0.29) is 17.9 Å². The van der Waals surface area contributed by atoms with E-state index >= 15 is 0 Å². The first-order valence-corrected chi connectivity index (χ1v) is 8.41. The van der Waals surface area contributed by atoms with Gasteiger partial charge in [-0.15, -0.1) is 0 Å². The number of amides is 2. The quantitative estimate of drug-likeness (QED) is 0.527. The van der Waals surface area contributed by atoms with Crippen LogP contribution in [0, 0.1) is 0 Å². The number of carbonyl (C=O) groups is 3. The SMILES string of the molecule is CCOC(=O)c1ccc(-n2cccn2)cc1N1C(=O)c2ccccc2C1=O. The number of fused-ring (bicyclic) bond motifs is 1. The fourth-order valence-corrected chi connectivity index (χ4v) is 3.06. The van der Waals surface area contributed by atoms with Gasteiger partial charge in [-0.25, -0.2) is 14.4 Å². The highest BCUT2D eigenvalue weighted by Crippen LogP contribution is 2.32. The van der Waals surface area contributed by atoms with E-state index in [1.54, 1.807) is 66.5 Å². The minimum absolute atomic E-state index is 0.141. The van der Waals surface area contributed by atoms with Crippen LogP contribution in [0.15, 0.2) is 60.9 Å². The van der Waals surface area contributed by atoms with Crippen LogP contribution < -0.4 is 4.90 Å². The second kappa shape index (κ2) is 6.53. The number of benzene rings is 2. The molecule has 0 fully saturated rings. The number of aromatic nitrogens is 2. The number of esters is 1. The lowest BCUT2D eigenvalue weighted by atomic mass is 10.1. The van der Waals surface area contributed by atoms with Crippen LogP contribution in [-0.2, 0) is 4.74 Å². The molecule has 3 aromatic rings. The maximum atomic E-state index is 12.9. The highest BCUT2D eigenvalue weighted by molar-refractivity contribution is 6.35. The third kappa shape index (κ3) is 2.69. The molecule has 1 aliphatic rings. The van der Waals surface area contributed by atoms with E-state index in [1.807, 2.05) is 0 Å². The summed E-state index contributed by atoms with van der Waals surface area (Å²) in [7, 11) is 0. The first kappa shape index (κ1) is 16.7. The summed E-state index contributed by atoms with van der Waals surface area (Å²) in [6, 6.07) is 13.1. The van der Waals surface area contributed by atoms with Gasteiger partial charge in [-0.3, -0.25) is 9.59 Å². The third-order valence-corrected chi connectivity index (χ3v) is 4.28. The van der Waals surface area contributed by atoms with Crippen LogP contribution in [0.5, 0.6) is 0 Å². The molecule has 27 heavy (non-hydrogen) atoms. The first-order chi connectivity index (χ1) is 13.1. The Hall–Kier alpha value is -3.74. The average molecular weight is 361 g/mol. The summed E-state index contributed by atoms with van der Waals surface area (Å²) >= 11 is 0. The van der Waals surface area contributed by atoms with Crippen molar-refractivity contribution in [1.82, 2.24) is 9.78 Å². The lowest BCUT2D eigenvalue weighted by molar-refractivity contribution is 0.0527. The van der Waals surface area contributed by atoms with Crippen molar-refractivity contribution in [2.75, 3.05) is 11.5 Å². The Bertz CT molecular complexity index is 1020. The Morgan fingerprint density at radius 1 is 1.04 bits per heavy atom. The second-order valence-corrected chi connectivity index (χ2v) is 5.86. The first-order valence-electron chi connectivity index (χ1n) is 8.41. The lowest BCUT2D eigenvalue weighted by Crippen LogP contribution is -2.31. The normalized spacial score (nSPS) is 13.0. The highest BCUT2D eigenvalue weighted by Gasteiger charge is 2.38. The van der Waals surface area contributed by atoms with Crippen molar-refractivity contribution in [3.8, 4) is 5.69 Å². The molecule has 0 unspecified atom stereocenters. The van der Waals surface area contributed by atoms with E-state index in [0.29, 0.717) is 16.8 Å². The van der Waals surface area contributed by atoms with Crippen LogP contribution in [0.25, 0.3) is 5.69 Å². The molecule has 134 valence electrons. The van der Waals surface area contributed by atoms with E-state index < -0.39 is 17.8 Å². The van der Waals surface area contributed by atoms with Crippen molar-refractivity contribution >= 4 is 23.5 Å². The van der Waals surface area contributed by atoms with Crippen LogP contribution in [-0.4, -0.2) is 34.2 Å². The van der Waals surface area contributed by atoms with E-state index in [1.165, 1.54) is 6.07 Å². The van der Waals surface area contributed by atoms with Gasteiger partial charge in [0.15, 0.2) is 0 Å². The Balaban J connectivity index is 1.87. The number of carbonyl (C=O) groups excluding carboxylic acids is 3. The fraction of sp³-hybridized carbons (Fsp3) is 0.100. The number of anilines is 1. The maximum absolute atomic E-state index is 12.9. The molecule has 7 heteroatoms. The standard InChI is InChI=1S/C20H15N3O4/c1-2-27-20(26)16-9-8-13(22-11-5-10-21-22)12-17(16)23-18(24)14-6-3-4-7-15(14)19(23)25/h3-12H,2H2,1H3. The van der Waals surface area contributed by atoms with Gasteiger partial charge >= 0.3 is 5.97 Å². The molecular formula is C20H15N3O4. The van der Waals surface area contributed by atoms with Gasteiger partial charge in [0.2, 0.25) is 0 Å².